The normalized spacial score (nSPS) is 13.6. The first-order valence-electron chi connectivity index (χ1n) is 10.4. The molecule has 4 nitrogen and oxygen atoms in total. The maximum absolute atomic E-state index is 11.9. The largest absolute Gasteiger partial charge is 0.376 e. The van der Waals surface area contributed by atoms with Crippen LogP contribution in [0.5, 0.6) is 0 Å². The monoisotopic (exact) mass is 382 g/mol. The summed E-state index contributed by atoms with van der Waals surface area (Å²) >= 11 is 0. The van der Waals surface area contributed by atoms with Gasteiger partial charge >= 0.3 is 0 Å². The fourth-order valence-corrected chi connectivity index (χ4v) is 2.79. The Labute approximate surface area is 170 Å². The van der Waals surface area contributed by atoms with E-state index < -0.39 is 0 Å². The topological polar surface area (TPSA) is 62.1 Å². The Balaban J connectivity index is 0.000000362. The molecule has 0 heterocycles. The van der Waals surface area contributed by atoms with Crippen molar-refractivity contribution in [3.8, 4) is 6.07 Å². The van der Waals surface area contributed by atoms with E-state index in [0.717, 1.165) is 12.8 Å². The van der Waals surface area contributed by atoms with Crippen molar-refractivity contribution >= 4 is 5.91 Å². The van der Waals surface area contributed by atoms with Crippen molar-refractivity contribution in [3.05, 3.63) is 59.2 Å². The van der Waals surface area contributed by atoms with Gasteiger partial charge in [0.1, 0.15) is 0 Å². The molecule has 0 aliphatic heterocycles. The molecule has 1 N–H and O–H groups in total. The van der Waals surface area contributed by atoms with E-state index in [1.165, 1.54) is 25.7 Å². The minimum absolute atomic E-state index is 0.0577. The van der Waals surface area contributed by atoms with Gasteiger partial charge in [-0.2, -0.15) is 5.26 Å². The zero-order chi connectivity index (χ0) is 20.6. The first kappa shape index (κ1) is 23.7. The highest BCUT2D eigenvalue weighted by molar-refractivity contribution is 5.94. The first-order chi connectivity index (χ1) is 13.6. The summed E-state index contributed by atoms with van der Waals surface area (Å²) < 4.78 is 5.61. The van der Waals surface area contributed by atoms with Crippen molar-refractivity contribution in [1.82, 2.24) is 5.32 Å². The molecule has 1 aromatic carbocycles. The van der Waals surface area contributed by atoms with E-state index in [1.807, 2.05) is 13.0 Å². The van der Waals surface area contributed by atoms with Crippen LogP contribution in [0.1, 0.15) is 75.2 Å². The molecule has 0 bridgehead atoms. The number of nitriles is 1. The third-order valence-corrected chi connectivity index (χ3v) is 4.45. The Morgan fingerprint density at radius 2 is 1.96 bits per heavy atom. The molecule has 28 heavy (non-hydrogen) atoms. The van der Waals surface area contributed by atoms with Crippen molar-refractivity contribution in [2.75, 3.05) is 13.2 Å². The summed E-state index contributed by atoms with van der Waals surface area (Å²) in [4.78, 5) is 11.9. The third kappa shape index (κ3) is 9.53. The molecule has 1 aliphatic rings. The number of hydrogen-bond donors (Lipinski definition) is 1. The lowest BCUT2D eigenvalue weighted by molar-refractivity contribution is 0.0491. The van der Waals surface area contributed by atoms with Crippen LogP contribution in [0.25, 0.3) is 0 Å². The second kappa shape index (κ2) is 14.6. The van der Waals surface area contributed by atoms with Crippen molar-refractivity contribution in [2.45, 2.75) is 65.4 Å². The van der Waals surface area contributed by atoms with E-state index in [1.54, 1.807) is 29.8 Å². The zero-order valence-electron chi connectivity index (χ0n) is 17.5. The average Bonchev–Trinajstić information content (AvgIpc) is 2.75. The number of carbonyl (C=O) groups is 1. The quantitative estimate of drug-likeness (QED) is 0.608. The molecule has 0 saturated carbocycles. The molecule has 0 saturated heterocycles. The summed E-state index contributed by atoms with van der Waals surface area (Å²) in [7, 11) is 0. The molecule has 2 rings (SSSR count). The number of carbonyl (C=O) groups excluding carboxylic acids is 1. The van der Waals surface area contributed by atoms with Gasteiger partial charge in [0.25, 0.3) is 5.91 Å². The SMILES string of the molecule is CCCC1=CC=CCC1.CCCOC(CC)CNC(=O)c1ccc(C#N)cc1. The Hall–Kier alpha value is -2.38. The van der Waals surface area contributed by atoms with Gasteiger partial charge in [0, 0.05) is 18.7 Å². The zero-order valence-corrected chi connectivity index (χ0v) is 17.5. The van der Waals surface area contributed by atoms with E-state index >= 15 is 0 Å². The first-order valence-corrected chi connectivity index (χ1v) is 10.4. The van der Waals surface area contributed by atoms with Gasteiger partial charge in [0.05, 0.1) is 17.7 Å². The Kier molecular flexibility index (Phi) is 12.4. The summed E-state index contributed by atoms with van der Waals surface area (Å²) in [6.45, 7) is 7.55. The predicted octanol–water partition coefficient (Wildman–Crippen LogP) is 5.56. The van der Waals surface area contributed by atoms with E-state index in [-0.39, 0.29) is 12.0 Å². The molecule has 0 radical (unpaired) electrons. The maximum Gasteiger partial charge on any atom is 0.251 e. The van der Waals surface area contributed by atoms with Crippen molar-refractivity contribution in [3.63, 3.8) is 0 Å². The molecule has 1 aromatic rings. The summed E-state index contributed by atoms with van der Waals surface area (Å²) in [6.07, 6.45) is 13.7. The predicted molar refractivity (Wildman–Crippen MR) is 115 cm³/mol. The second-order valence-corrected chi connectivity index (χ2v) is 6.84. The molecule has 0 spiro atoms. The van der Waals surface area contributed by atoms with Gasteiger partial charge in [0.15, 0.2) is 0 Å². The smallest absolute Gasteiger partial charge is 0.251 e. The van der Waals surface area contributed by atoms with Gasteiger partial charge in [-0.05, 0) is 56.4 Å². The number of rotatable bonds is 9. The van der Waals surface area contributed by atoms with Gasteiger partial charge in [0.2, 0.25) is 0 Å². The molecule has 1 unspecified atom stereocenters. The third-order valence-electron chi connectivity index (χ3n) is 4.45. The molecule has 1 atom stereocenters. The lowest BCUT2D eigenvalue weighted by Gasteiger charge is -2.16. The number of amides is 1. The molecule has 4 heteroatoms. The molecular formula is C24H34N2O2. The number of benzene rings is 1. The van der Waals surface area contributed by atoms with Crippen LogP contribution in [0.4, 0.5) is 0 Å². The molecular weight excluding hydrogens is 348 g/mol. The minimum Gasteiger partial charge on any atom is -0.376 e. The van der Waals surface area contributed by atoms with Gasteiger partial charge in [-0.1, -0.05) is 51.0 Å². The van der Waals surface area contributed by atoms with Crippen LogP contribution in [-0.4, -0.2) is 25.2 Å². The summed E-state index contributed by atoms with van der Waals surface area (Å²) in [5.74, 6) is -0.136. The number of ether oxygens (including phenoxy) is 1. The van der Waals surface area contributed by atoms with Gasteiger partial charge < -0.3 is 10.1 Å². The summed E-state index contributed by atoms with van der Waals surface area (Å²) in [5.41, 5.74) is 2.73. The Bertz CT molecular complexity index is 669. The van der Waals surface area contributed by atoms with Crippen LogP contribution in [0.3, 0.4) is 0 Å². The highest BCUT2D eigenvalue weighted by Crippen LogP contribution is 2.16. The van der Waals surface area contributed by atoms with Crippen LogP contribution < -0.4 is 5.32 Å². The lowest BCUT2D eigenvalue weighted by atomic mass is 10.0. The van der Waals surface area contributed by atoms with Crippen molar-refractivity contribution in [1.29, 1.82) is 5.26 Å². The molecule has 0 aromatic heterocycles. The van der Waals surface area contributed by atoms with E-state index in [0.29, 0.717) is 24.3 Å². The second-order valence-electron chi connectivity index (χ2n) is 6.84. The van der Waals surface area contributed by atoms with Crippen molar-refractivity contribution in [2.24, 2.45) is 0 Å². The molecule has 152 valence electrons. The van der Waals surface area contributed by atoms with Crippen LogP contribution >= 0.6 is 0 Å². The standard InChI is InChI=1S/C15H20N2O2.C9H14/c1-3-9-19-14(4-2)11-17-15(18)13-7-5-12(10-16)6-8-13;1-2-6-9-7-4-3-5-8-9/h5-8,14H,3-4,9,11H2,1-2H3,(H,17,18);3-4,7H,2,5-6,8H2,1H3. The van der Waals surface area contributed by atoms with Gasteiger partial charge in [-0.25, -0.2) is 0 Å². The average molecular weight is 383 g/mol. The van der Waals surface area contributed by atoms with Gasteiger partial charge in [-0.3, -0.25) is 4.79 Å². The fourth-order valence-electron chi connectivity index (χ4n) is 2.79. The van der Waals surface area contributed by atoms with Gasteiger partial charge in [-0.15, -0.1) is 0 Å². The molecule has 0 fully saturated rings. The lowest BCUT2D eigenvalue weighted by Crippen LogP contribution is -2.33. The van der Waals surface area contributed by atoms with Crippen LogP contribution in [-0.2, 0) is 4.74 Å². The van der Waals surface area contributed by atoms with E-state index in [9.17, 15) is 4.79 Å². The maximum atomic E-state index is 11.9. The minimum atomic E-state index is -0.136. The Morgan fingerprint density at radius 3 is 2.50 bits per heavy atom. The summed E-state index contributed by atoms with van der Waals surface area (Å²) in [6, 6.07) is 8.61. The molecule has 1 amide bonds. The Morgan fingerprint density at radius 1 is 1.21 bits per heavy atom. The van der Waals surface area contributed by atoms with Crippen molar-refractivity contribution < 1.29 is 9.53 Å². The van der Waals surface area contributed by atoms with E-state index in [2.05, 4.69) is 37.4 Å². The summed E-state index contributed by atoms with van der Waals surface area (Å²) in [5, 5.41) is 11.5. The van der Waals surface area contributed by atoms with Crippen LogP contribution in [0.15, 0.2) is 48.1 Å². The highest BCUT2D eigenvalue weighted by atomic mass is 16.5. The number of allylic oxidation sites excluding steroid dienone is 4. The fraction of sp³-hybridized carbons (Fsp3) is 0.500. The van der Waals surface area contributed by atoms with E-state index in [4.69, 9.17) is 10.00 Å². The van der Waals surface area contributed by atoms with Crippen LogP contribution in [0.2, 0.25) is 0 Å². The molecule has 1 aliphatic carbocycles. The number of hydrogen-bond acceptors (Lipinski definition) is 3. The highest BCUT2D eigenvalue weighted by Gasteiger charge is 2.10. The number of nitrogens with one attached hydrogen (secondary N) is 1. The number of nitrogens with zero attached hydrogens (tertiary/aromatic N) is 1. The van der Waals surface area contributed by atoms with Crippen LogP contribution in [0, 0.1) is 11.3 Å².